The lowest BCUT2D eigenvalue weighted by atomic mass is 9.82. The normalized spacial score (nSPS) is 19.6. The van der Waals surface area contributed by atoms with Crippen molar-refractivity contribution in [2.75, 3.05) is 34.4 Å². The highest BCUT2D eigenvalue weighted by molar-refractivity contribution is 7.52. The molecule has 0 saturated carbocycles. The molecule has 302 valence electrons. The molecule has 0 bridgehead atoms. The Morgan fingerprint density at radius 2 is 1.60 bits per heavy atom. The molecule has 3 amide bonds. The zero-order valence-electron chi connectivity index (χ0n) is 33.5. The van der Waals surface area contributed by atoms with Crippen molar-refractivity contribution in [1.82, 2.24) is 20.4 Å². The number of rotatable bonds is 22. The predicted octanol–water partition coefficient (Wildman–Crippen LogP) is 3.63. The van der Waals surface area contributed by atoms with Crippen molar-refractivity contribution in [2.45, 2.75) is 123 Å². The van der Waals surface area contributed by atoms with Gasteiger partial charge in [0.2, 0.25) is 17.7 Å². The second-order valence-electron chi connectivity index (χ2n) is 15.6. The molecular weight excluding hydrogens is 699 g/mol. The number of likely N-dealkylation sites (tertiary alicyclic amines) is 1. The molecule has 0 spiro atoms. The van der Waals surface area contributed by atoms with Crippen molar-refractivity contribution >= 4 is 31.1 Å². The maximum Gasteiger partial charge on any atom is 0.329 e. The van der Waals surface area contributed by atoms with E-state index >= 15 is 0 Å². The van der Waals surface area contributed by atoms with Crippen LogP contribution in [0.4, 0.5) is 0 Å². The summed E-state index contributed by atoms with van der Waals surface area (Å²) < 4.78 is 18.4. The van der Waals surface area contributed by atoms with Gasteiger partial charge in [-0.25, -0.2) is 0 Å². The fourth-order valence-corrected chi connectivity index (χ4v) is 8.64. The lowest BCUT2D eigenvalue weighted by Crippen LogP contribution is -2.59. The minimum Gasteiger partial charge on any atom is -0.396 e. The molecule has 53 heavy (non-hydrogen) atoms. The Bertz CT molecular complexity index is 1370. The van der Waals surface area contributed by atoms with Gasteiger partial charge >= 0.3 is 7.60 Å². The molecule has 13 nitrogen and oxygen atoms in total. The maximum absolute atomic E-state index is 14.1. The number of hydrogen-bond acceptors (Lipinski definition) is 8. The second-order valence-corrected chi connectivity index (χ2v) is 17.5. The number of nitrogens with zero attached hydrogens (tertiary/aromatic N) is 2. The van der Waals surface area contributed by atoms with Gasteiger partial charge in [-0.3, -0.25) is 23.7 Å². The summed E-state index contributed by atoms with van der Waals surface area (Å²) in [5.74, 6) is -2.82. The summed E-state index contributed by atoms with van der Waals surface area (Å²) in [7, 11) is 0.286. The number of aliphatic hydroxyl groups excluding tert-OH is 1. The van der Waals surface area contributed by atoms with Crippen LogP contribution in [0.1, 0.15) is 86.1 Å². The number of benzene rings is 1. The van der Waals surface area contributed by atoms with E-state index in [4.69, 9.17) is 4.74 Å². The molecule has 5 N–H and O–H groups in total. The smallest absolute Gasteiger partial charge is 0.329 e. The first-order valence-electron chi connectivity index (χ1n) is 19.1. The number of carbonyl (C=O) groups is 4. The van der Waals surface area contributed by atoms with Crippen molar-refractivity contribution in [2.24, 2.45) is 29.6 Å². The average Bonchev–Trinajstić information content (AvgIpc) is 3.59. The first-order valence-corrected chi connectivity index (χ1v) is 20.8. The van der Waals surface area contributed by atoms with Crippen LogP contribution in [0.3, 0.4) is 0 Å². The largest absolute Gasteiger partial charge is 0.396 e. The van der Waals surface area contributed by atoms with Gasteiger partial charge in [0.15, 0.2) is 0 Å². The summed E-state index contributed by atoms with van der Waals surface area (Å²) in [6.07, 6.45) is 0.861. The Balaban J connectivity index is 2.28. The van der Waals surface area contributed by atoms with E-state index in [0.717, 1.165) is 0 Å². The molecule has 14 heteroatoms. The van der Waals surface area contributed by atoms with E-state index in [2.05, 4.69) is 10.6 Å². The van der Waals surface area contributed by atoms with Crippen molar-refractivity contribution in [3.8, 4) is 0 Å². The molecule has 2 rings (SSSR count). The van der Waals surface area contributed by atoms with E-state index in [1.807, 2.05) is 41.5 Å². The van der Waals surface area contributed by atoms with Crippen LogP contribution in [0.2, 0.25) is 0 Å². The summed E-state index contributed by atoms with van der Waals surface area (Å²) in [5.41, 5.74) is -0.495. The Hall–Kier alpha value is -2.67. The molecule has 1 aromatic carbocycles. The van der Waals surface area contributed by atoms with Gasteiger partial charge in [-0.1, -0.05) is 85.2 Å². The summed E-state index contributed by atoms with van der Waals surface area (Å²) in [4.78, 5) is 78.6. The van der Waals surface area contributed by atoms with E-state index < -0.39 is 55.4 Å². The number of amides is 3. The van der Waals surface area contributed by atoms with Gasteiger partial charge in [-0.05, 0) is 49.6 Å². The van der Waals surface area contributed by atoms with Crippen LogP contribution < -0.4 is 10.6 Å². The molecule has 0 radical (unpaired) electrons. The summed E-state index contributed by atoms with van der Waals surface area (Å²) >= 11 is 0. The first kappa shape index (κ1) is 46.5. The Kier molecular flexibility index (Phi) is 18.8. The lowest BCUT2D eigenvalue weighted by Gasteiger charge is -2.41. The molecule has 1 aliphatic rings. The number of likely N-dealkylation sites (N-methyl/N-ethyl adjacent to an activating group) is 2. The third kappa shape index (κ3) is 12.7. The number of nitrogens with one attached hydrogen (secondary N) is 2. The van der Waals surface area contributed by atoms with Crippen molar-refractivity contribution < 1.29 is 43.4 Å². The fraction of sp³-hybridized carbons (Fsp3) is 0.744. The van der Waals surface area contributed by atoms with Gasteiger partial charge in [-0.2, -0.15) is 0 Å². The Morgan fingerprint density at radius 1 is 1.00 bits per heavy atom. The van der Waals surface area contributed by atoms with E-state index in [-0.39, 0.29) is 67.1 Å². The van der Waals surface area contributed by atoms with Crippen LogP contribution in [0.15, 0.2) is 30.3 Å². The van der Waals surface area contributed by atoms with E-state index in [1.54, 1.807) is 61.2 Å². The lowest BCUT2D eigenvalue weighted by molar-refractivity contribution is -0.146. The standard InChI is InChI=1S/C39H67N4O9P/c1-11-26(6)37(42(9)39(48)36(25(4)5)41-38(47)35(40-8)24(2)3)33(52-10)22-34(46)43-19-15-18-31(43)30(23-44)27(7)32(45)21-29(53(49,50)51)20-28-16-13-12-14-17-28/h12-14,16-17,24-27,29-31,33,35-37,40,44H,11,15,18-23H2,1-10H3,(H,41,47)(H2,49,50,51)/t26?,27-,29?,30+,31-,33+,35-,36-,37-/m0/s1. The van der Waals surface area contributed by atoms with Gasteiger partial charge < -0.3 is 40.1 Å². The molecule has 1 saturated heterocycles. The quantitative estimate of drug-likeness (QED) is 0.109. The van der Waals surface area contributed by atoms with Crippen LogP contribution in [-0.2, 0) is 34.9 Å². The average molecular weight is 767 g/mol. The van der Waals surface area contributed by atoms with Gasteiger partial charge in [0.1, 0.15) is 11.8 Å². The number of hydrogen-bond donors (Lipinski definition) is 5. The Labute approximate surface area is 317 Å². The minimum absolute atomic E-state index is 0.00890. The maximum atomic E-state index is 14.1. The molecular formula is C39H67N4O9P. The van der Waals surface area contributed by atoms with Crippen LogP contribution >= 0.6 is 7.60 Å². The molecule has 1 heterocycles. The van der Waals surface area contributed by atoms with Gasteiger partial charge in [-0.15, -0.1) is 0 Å². The second kappa shape index (κ2) is 21.4. The van der Waals surface area contributed by atoms with Crippen LogP contribution in [0, 0.1) is 29.6 Å². The zero-order chi connectivity index (χ0) is 40.2. The number of carbonyl (C=O) groups excluding carboxylic acids is 4. The van der Waals surface area contributed by atoms with Crippen molar-refractivity contribution in [3.05, 3.63) is 35.9 Å². The van der Waals surface area contributed by atoms with Crippen LogP contribution in [0.25, 0.3) is 0 Å². The van der Waals surface area contributed by atoms with E-state index in [1.165, 1.54) is 7.11 Å². The SMILES string of the molecule is CCC(C)[C@@H]([C@@H](CC(=O)N1CCC[C@H]1[C@H](CO)[C@H](C)C(=O)CC(Cc1ccccc1)P(=O)(O)O)OC)N(C)C(=O)[C@@H](NC(=O)[C@@H](NC)C(C)C)C(C)C. The van der Waals surface area contributed by atoms with Gasteiger partial charge in [0, 0.05) is 51.6 Å². The van der Waals surface area contributed by atoms with Crippen LogP contribution in [0.5, 0.6) is 0 Å². The summed E-state index contributed by atoms with van der Waals surface area (Å²) in [6, 6.07) is 6.63. The highest BCUT2D eigenvalue weighted by Gasteiger charge is 2.43. The zero-order valence-corrected chi connectivity index (χ0v) is 34.4. The molecule has 1 aromatic rings. The monoisotopic (exact) mass is 766 g/mol. The molecule has 2 unspecified atom stereocenters. The highest BCUT2D eigenvalue weighted by atomic mass is 31.2. The third-order valence-electron chi connectivity index (χ3n) is 11.3. The van der Waals surface area contributed by atoms with E-state index in [0.29, 0.717) is 31.4 Å². The molecule has 1 aliphatic heterocycles. The van der Waals surface area contributed by atoms with Gasteiger partial charge in [0.25, 0.3) is 0 Å². The van der Waals surface area contributed by atoms with Crippen molar-refractivity contribution in [1.29, 1.82) is 0 Å². The number of Topliss-reactive ketones (excluding diaryl/α,β-unsaturated/α-hetero) is 1. The van der Waals surface area contributed by atoms with Crippen molar-refractivity contribution in [3.63, 3.8) is 0 Å². The van der Waals surface area contributed by atoms with Gasteiger partial charge in [0.05, 0.1) is 30.3 Å². The minimum atomic E-state index is -4.62. The number of ketones is 1. The van der Waals surface area contributed by atoms with Crippen LogP contribution in [-0.4, -0.2) is 118 Å². The Morgan fingerprint density at radius 3 is 2.09 bits per heavy atom. The summed E-state index contributed by atoms with van der Waals surface area (Å²) in [5, 5.41) is 16.6. The number of ether oxygens (including phenoxy) is 1. The highest BCUT2D eigenvalue weighted by Crippen LogP contribution is 2.45. The number of methoxy groups -OCH3 is 1. The molecule has 9 atom stereocenters. The molecule has 0 aromatic heterocycles. The molecule has 1 fully saturated rings. The summed E-state index contributed by atoms with van der Waals surface area (Å²) in [6.45, 7) is 13.3. The molecule has 0 aliphatic carbocycles. The topological polar surface area (TPSA) is 186 Å². The third-order valence-corrected chi connectivity index (χ3v) is 12.6. The van der Waals surface area contributed by atoms with E-state index in [9.17, 15) is 38.6 Å². The predicted molar refractivity (Wildman–Crippen MR) is 206 cm³/mol. The fourth-order valence-electron chi connectivity index (χ4n) is 7.78. The first-order chi connectivity index (χ1) is 24.8. The number of aliphatic hydroxyl groups is 1.